The summed E-state index contributed by atoms with van der Waals surface area (Å²) in [5.74, 6) is 0.802. The van der Waals surface area contributed by atoms with Crippen LogP contribution in [0.5, 0.6) is 0 Å². The number of aromatic nitrogens is 2. The van der Waals surface area contributed by atoms with Crippen molar-refractivity contribution in [3.63, 3.8) is 0 Å². The van der Waals surface area contributed by atoms with Crippen LogP contribution in [0, 0.1) is 0 Å². The molecule has 0 unspecified atom stereocenters. The molecular weight excluding hydrogens is 170 g/mol. The van der Waals surface area contributed by atoms with Crippen LogP contribution in [-0.2, 0) is 4.79 Å². The van der Waals surface area contributed by atoms with Crippen LogP contribution >= 0.6 is 0 Å². The summed E-state index contributed by atoms with van der Waals surface area (Å²) in [5.41, 5.74) is 6.07. The van der Waals surface area contributed by atoms with Gasteiger partial charge in [0, 0.05) is 14.1 Å². The van der Waals surface area contributed by atoms with Gasteiger partial charge in [0.2, 0.25) is 6.41 Å². The summed E-state index contributed by atoms with van der Waals surface area (Å²) in [6.45, 7) is 0. The van der Waals surface area contributed by atoms with Crippen LogP contribution in [0.3, 0.4) is 0 Å². The van der Waals surface area contributed by atoms with Crippen LogP contribution in [0.2, 0.25) is 0 Å². The number of nitrogens with zero attached hydrogens (tertiary/aromatic N) is 3. The molecule has 0 bridgehead atoms. The van der Waals surface area contributed by atoms with Gasteiger partial charge in [0.25, 0.3) is 0 Å². The number of nitrogens with two attached hydrogens (primary N) is 1. The van der Waals surface area contributed by atoms with Gasteiger partial charge in [-0.15, -0.1) is 0 Å². The Morgan fingerprint density at radius 3 is 2.85 bits per heavy atom. The van der Waals surface area contributed by atoms with E-state index in [1.807, 2.05) is 0 Å². The Bertz CT molecular complexity index is 314. The number of carbonyl (C=O) groups is 1. The van der Waals surface area contributed by atoms with E-state index < -0.39 is 0 Å². The first-order valence-corrected chi connectivity index (χ1v) is 3.67. The monoisotopic (exact) mass is 181 g/mol. The van der Waals surface area contributed by atoms with Gasteiger partial charge in [-0.2, -0.15) is 0 Å². The summed E-state index contributed by atoms with van der Waals surface area (Å²) in [5, 5.41) is 2.82. The summed E-state index contributed by atoms with van der Waals surface area (Å²) in [7, 11) is 3.28. The molecule has 3 N–H and O–H groups in total. The van der Waals surface area contributed by atoms with Crippen LogP contribution in [0.15, 0.2) is 6.33 Å². The molecule has 1 aromatic rings. The molecule has 0 fully saturated rings. The molecule has 6 heteroatoms. The average molecular weight is 181 g/mol. The maximum absolute atomic E-state index is 10.5. The molecule has 0 saturated heterocycles. The van der Waals surface area contributed by atoms with Gasteiger partial charge < -0.3 is 16.0 Å². The smallest absolute Gasteiger partial charge is 0.214 e. The van der Waals surface area contributed by atoms with Crippen molar-refractivity contribution in [2.75, 3.05) is 30.0 Å². The Morgan fingerprint density at radius 1 is 1.62 bits per heavy atom. The largest absolute Gasteiger partial charge is 0.382 e. The lowest BCUT2D eigenvalue weighted by molar-refractivity contribution is -0.107. The fraction of sp³-hybridized carbons (Fsp3) is 0.286. The van der Waals surface area contributed by atoms with Gasteiger partial charge in [-0.25, -0.2) is 9.97 Å². The van der Waals surface area contributed by atoms with Gasteiger partial charge >= 0.3 is 0 Å². The van der Waals surface area contributed by atoms with E-state index in [-0.39, 0.29) is 5.82 Å². The minimum Gasteiger partial charge on any atom is -0.382 e. The summed E-state index contributed by atoms with van der Waals surface area (Å²) < 4.78 is 0. The molecule has 0 atom stereocenters. The van der Waals surface area contributed by atoms with Crippen molar-refractivity contribution in [2.45, 2.75) is 0 Å². The van der Waals surface area contributed by atoms with E-state index in [1.165, 1.54) is 11.2 Å². The van der Waals surface area contributed by atoms with Gasteiger partial charge in [-0.3, -0.25) is 4.79 Å². The summed E-state index contributed by atoms with van der Waals surface area (Å²) in [6.07, 6.45) is 1.99. The van der Waals surface area contributed by atoms with Crippen molar-refractivity contribution < 1.29 is 4.79 Å². The first-order chi connectivity index (χ1) is 6.20. The van der Waals surface area contributed by atoms with Crippen molar-refractivity contribution in [1.29, 1.82) is 0 Å². The molecule has 0 aliphatic carbocycles. The third-order valence-electron chi connectivity index (χ3n) is 1.60. The number of rotatable bonds is 3. The van der Waals surface area contributed by atoms with E-state index in [2.05, 4.69) is 15.3 Å². The van der Waals surface area contributed by atoms with Gasteiger partial charge in [0.1, 0.15) is 12.0 Å². The molecule has 1 aromatic heterocycles. The second-order valence-electron chi connectivity index (χ2n) is 2.42. The van der Waals surface area contributed by atoms with Crippen molar-refractivity contribution >= 4 is 23.7 Å². The first kappa shape index (κ1) is 9.24. The third-order valence-corrected chi connectivity index (χ3v) is 1.60. The van der Waals surface area contributed by atoms with Crippen LogP contribution in [-0.4, -0.2) is 30.5 Å². The Hall–Kier alpha value is -1.85. The average Bonchev–Trinajstić information content (AvgIpc) is 2.16. The van der Waals surface area contributed by atoms with E-state index in [1.54, 1.807) is 14.1 Å². The fourth-order valence-corrected chi connectivity index (χ4v) is 0.976. The fourth-order valence-electron chi connectivity index (χ4n) is 0.976. The standard InChI is InChI=1S/C7H11N5O/c1-9-7-5(12(2)4-13)6(8)10-3-11-7/h3-4H,1-2H3,(H3,8,9,10,11). The number of carbonyl (C=O) groups excluding carboxylic acids is 1. The number of amides is 1. The lowest BCUT2D eigenvalue weighted by atomic mass is 10.4. The quantitative estimate of drug-likeness (QED) is 0.625. The molecular formula is C7H11N5O. The lowest BCUT2D eigenvalue weighted by Gasteiger charge is -2.15. The molecule has 70 valence electrons. The minimum absolute atomic E-state index is 0.272. The summed E-state index contributed by atoms with van der Waals surface area (Å²) in [4.78, 5) is 19.5. The molecule has 0 aromatic carbocycles. The van der Waals surface area contributed by atoms with E-state index in [0.29, 0.717) is 17.9 Å². The highest BCUT2D eigenvalue weighted by Gasteiger charge is 2.11. The minimum atomic E-state index is 0.272. The summed E-state index contributed by atoms with van der Waals surface area (Å²) >= 11 is 0. The van der Waals surface area contributed by atoms with Crippen LogP contribution in [0.4, 0.5) is 17.3 Å². The second kappa shape index (κ2) is 3.70. The predicted octanol–water partition coefficient (Wildman–Crippen LogP) is -0.307. The SMILES string of the molecule is CNc1ncnc(N)c1N(C)C=O. The van der Waals surface area contributed by atoms with E-state index in [4.69, 9.17) is 5.73 Å². The zero-order valence-electron chi connectivity index (χ0n) is 7.48. The second-order valence-corrected chi connectivity index (χ2v) is 2.42. The number of nitrogen functional groups attached to an aromatic ring is 1. The van der Waals surface area contributed by atoms with Gasteiger partial charge in [0.15, 0.2) is 11.6 Å². The molecule has 1 rings (SSSR count). The maximum Gasteiger partial charge on any atom is 0.214 e. The number of nitrogens with one attached hydrogen (secondary N) is 1. The van der Waals surface area contributed by atoms with Crippen LogP contribution in [0.25, 0.3) is 0 Å². The predicted molar refractivity (Wildman–Crippen MR) is 50.5 cm³/mol. The maximum atomic E-state index is 10.5. The van der Waals surface area contributed by atoms with Crippen LogP contribution < -0.4 is 16.0 Å². The van der Waals surface area contributed by atoms with Gasteiger partial charge in [-0.1, -0.05) is 0 Å². The van der Waals surface area contributed by atoms with Crippen molar-refractivity contribution in [2.24, 2.45) is 0 Å². The van der Waals surface area contributed by atoms with Crippen molar-refractivity contribution in [3.8, 4) is 0 Å². The molecule has 1 amide bonds. The highest BCUT2D eigenvalue weighted by molar-refractivity contribution is 5.87. The number of hydrogen-bond donors (Lipinski definition) is 2. The Balaban J connectivity index is 3.22. The zero-order valence-corrected chi connectivity index (χ0v) is 7.48. The van der Waals surface area contributed by atoms with Gasteiger partial charge in [-0.05, 0) is 0 Å². The van der Waals surface area contributed by atoms with E-state index in [9.17, 15) is 4.79 Å². The first-order valence-electron chi connectivity index (χ1n) is 3.67. The third kappa shape index (κ3) is 1.66. The van der Waals surface area contributed by atoms with Crippen molar-refractivity contribution in [3.05, 3.63) is 6.33 Å². The Morgan fingerprint density at radius 2 is 2.31 bits per heavy atom. The van der Waals surface area contributed by atoms with Gasteiger partial charge in [0.05, 0.1) is 0 Å². The zero-order chi connectivity index (χ0) is 9.84. The van der Waals surface area contributed by atoms with E-state index in [0.717, 1.165) is 0 Å². The molecule has 0 aliphatic heterocycles. The molecule has 6 nitrogen and oxygen atoms in total. The van der Waals surface area contributed by atoms with Crippen LogP contribution in [0.1, 0.15) is 0 Å². The molecule has 0 spiro atoms. The van der Waals surface area contributed by atoms with E-state index >= 15 is 0 Å². The molecule has 0 radical (unpaired) electrons. The molecule has 1 heterocycles. The topological polar surface area (TPSA) is 84.1 Å². The normalized spacial score (nSPS) is 9.38. The molecule has 0 aliphatic rings. The van der Waals surface area contributed by atoms with Crippen molar-refractivity contribution in [1.82, 2.24) is 9.97 Å². The molecule has 0 saturated carbocycles. The Labute approximate surface area is 75.8 Å². The number of hydrogen-bond acceptors (Lipinski definition) is 5. The highest BCUT2D eigenvalue weighted by atomic mass is 16.1. The number of anilines is 3. The highest BCUT2D eigenvalue weighted by Crippen LogP contribution is 2.25. The molecule has 13 heavy (non-hydrogen) atoms. The Kier molecular flexibility index (Phi) is 2.63. The summed E-state index contributed by atoms with van der Waals surface area (Å²) in [6, 6.07) is 0. The lowest BCUT2D eigenvalue weighted by Crippen LogP contribution is -2.18.